The van der Waals surface area contributed by atoms with Crippen molar-refractivity contribution in [1.82, 2.24) is 9.97 Å². The molecule has 0 fully saturated rings. The van der Waals surface area contributed by atoms with Crippen molar-refractivity contribution in [3.8, 4) is 5.88 Å². The van der Waals surface area contributed by atoms with E-state index < -0.39 is 0 Å². The van der Waals surface area contributed by atoms with Gasteiger partial charge in [0.25, 0.3) is 0 Å². The highest BCUT2D eigenvalue weighted by atomic mass is 16.5. The van der Waals surface area contributed by atoms with Crippen molar-refractivity contribution in [2.24, 2.45) is 0 Å². The average Bonchev–Trinajstić information content (AvgIpc) is 2.38. The standard InChI is InChI=1S/C14H18N4O/c1-9-6-4-5-7-11(9)10(2)16-12-8-13(19-3)18-14(15)17-12/h4-8,10H,1-3H3,(H3,15,16,17,18). The Morgan fingerprint density at radius 3 is 2.68 bits per heavy atom. The lowest BCUT2D eigenvalue weighted by Gasteiger charge is -2.17. The lowest BCUT2D eigenvalue weighted by atomic mass is 10.0. The first-order chi connectivity index (χ1) is 9.10. The van der Waals surface area contributed by atoms with Crippen LogP contribution in [0.15, 0.2) is 30.3 Å². The fourth-order valence-electron chi connectivity index (χ4n) is 1.99. The molecule has 1 atom stereocenters. The molecule has 19 heavy (non-hydrogen) atoms. The zero-order chi connectivity index (χ0) is 13.8. The number of benzene rings is 1. The van der Waals surface area contributed by atoms with Gasteiger partial charge in [0.05, 0.1) is 13.2 Å². The first-order valence-electron chi connectivity index (χ1n) is 6.10. The number of hydrogen-bond acceptors (Lipinski definition) is 5. The fraction of sp³-hybridized carbons (Fsp3) is 0.286. The number of ether oxygens (including phenoxy) is 1. The van der Waals surface area contributed by atoms with Gasteiger partial charge in [0.1, 0.15) is 5.82 Å². The minimum atomic E-state index is 0.125. The molecular formula is C14H18N4O. The Morgan fingerprint density at radius 2 is 2.00 bits per heavy atom. The van der Waals surface area contributed by atoms with Crippen molar-refractivity contribution in [1.29, 1.82) is 0 Å². The van der Waals surface area contributed by atoms with E-state index >= 15 is 0 Å². The molecule has 3 N–H and O–H groups in total. The van der Waals surface area contributed by atoms with Gasteiger partial charge in [-0.1, -0.05) is 24.3 Å². The number of aryl methyl sites for hydroxylation is 1. The second-order valence-corrected chi connectivity index (χ2v) is 4.38. The van der Waals surface area contributed by atoms with E-state index in [0.717, 1.165) is 0 Å². The number of aromatic nitrogens is 2. The number of methoxy groups -OCH3 is 1. The monoisotopic (exact) mass is 258 g/mol. The van der Waals surface area contributed by atoms with Crippen molar-refractivity contribution in [2.75, 3.05) is 18.2 Å². The molecule has 0 aliphatic carbocycles. The van der Waals surface area contributed by atoms with E-state index in [-0.39, 0.29) is 12.0 Å². The highest BCUT2D eigenvalue weighted by molar-refractivity contribution is 5.45. The Labute approximate surface area is 112 Å². The van der Waals surface area contributed by atoms with Gasteiger partial charge in [-0.2, -0.15) is 9.97 Å². The van der Waals surface area contributed by atoms with Crippen LogP contribution >= 0.6 is 0 Å². The van der Waals surface area contributed by atoms with Gasteiger partial charge in [-0.15, -0.1) is 0 Å². The van der Waals surface area contributed by atoms with E-state index in [1.807, 2.05) is 12.1 Å². The molecule has 0 bridgehead atoms. The number of anilines is 2. The van der Waals surface area contributed by atoms with Crippen LogP contribution in [0.5, 0.6) is 5.88 Å². The second kappa shape index (κ2) is 5.56. The predicted octanol–water partition coefficient (Wildman–Crippen LogP) is 2.55. The molecular weight excluding hydrogens is 240 g/mol. The van der Waals surface area contributed by atoms with Crippen LogP contribution < -0.4 is 15.8 Å². The van der Waals surface area contributed by atoms with Crippen molar-refractivity contribution in [2.45, 2.75) is 19.9 Å². The molecule has 100 valence electrons. The summed E-state index contributed by atoms with van der Waals surface area (Å²) in [5.41, 5.74) is 8.09. The molecule has 1 aromatic heterocycles. The number of nitrogens with zero attached hydrogens (tertiary/aromatic N) is 2. The van der Waals surface area contributed by atoms with Crippen LogP contribution in [0.1, 0.15) is 24.1 Å². The summed E-state index contributed by atoms with van der Waals surface area (Å²) in [6.07, 6.45) is 0. The Morgan fingerprint density at radius 1 is 1.26 bits per heavy atom. The van der Waals surface area contributed by atoms with E-state index in [0.29, 0.717) is 11.7 Å². The molecule has 1 unspecified atom stereocenters. The Kier molecular flexibility index (Phi) is 3.85. The van der Waals surface area contributed by atoms with Crippen LogP contribution in [-0.4, -0.2) is 17.1 Å². The van der Waals surface area contributed by atoms with Gasteiger partial charge in [-0.3, -0.25) is 0 Å². The number of nitrogens with two attached hydrogens (primary N) is 1. The highest BCUT2D eigenvalue weighted by Gasteiger charge is 2.10. The molecule has 0 aliphatic heterocycles. The first-order valence-corrected chi connectivity index (χ1v) is 6.10. The summed E-state index contributed by atoms with van der Waals surface area (Å²) in [7, 11) is 1.55. The number of nitrogens with one attached hydrogen (secondary N) is 1. The average molecular weight is 258 g/mol. The van der Waals surface area contributed by atoms with Gasteiger partial charge in [-0.25, -0.2) is 0 Å². The van der Waals surface area contributed by atoms with Crippen molar-refractivity contribution < 1.29 is 4.74 Å². The summed E-state index contributed by atoms with van der Waals surface area (Å²) < 4.78 is 5.08. The summed E-state index contributed by atoms with van der Waals surface area (Å²) >= 11 is 0. The fourth-order valence-corrected chi connectivity index (χ4v) is 1.99. The molecule has 5 nitrogen and oxygen atoms in total. The van der Waals surface area contributed by atoms with Gasteiger partial charge in [0.15, 0.2) is 0 Å². The van der Waals surface area contributed by atoms with E-state index in [1.54, 1.807) is 13.2 Å². The summed E-state index contributed by atoms with van der Waals surface area (Å²) in [5, 5.41) is 3.30. The Balaban J connectivity index is 2.21. The molecule has 0 amide bonds. The van der Waals surface area contributed by atoms with Crippen molar-refractivity contribution in [3.05, 3.63) is 41.5 Å². The minimum absolute atomic E-state index is 0.125. The maximum atomic E-state index is 5.64. The molecule has 1 heterocycles. The summed E-state index contributed by atoms with van der Waals surface area (Å²) in [6.45, 7) is 4.16. The quantitative estimate of drug-likeness (QED) is 0.881. The van der Waals surface area contributed by atoms with Crippen LogP contribution in [0.3, 0.4) is 0 Å². The van der Waals surface area contributed by atoms with Gasteiger partial charge in [0, 0.05) is 6.07 Å². The van der Waals surface area contributed by atoms with E-state index in [9.17, 15) is 0 Å². The minimum Gasteiger partial charge on any atom is -0.481 e. The normalized spacial score (nSPS) is 11.9. The zero-order valence-corrected chi connectivity index (χ0v) is 11.3. The SMILES string of the molecule is COc1cc(NC(C)c2ccccc2C)nc(N)n1. The molecule has 0 radical (unpaired) electrons. The van der Waals surface area contributed by atoms with E-state index in [1.165, 1.54) is 11.1 Å². The van der Waals surface area contributed by atoms with Gasteiger partial charge >= 0.3 is 0 Å². The maximum absolute atomic E-state index is 5.64. The summed E-state index contributed by atoms with van der Waals surface area (Å²) in [4.78, 5) is 8.11. The Bertz CT molecular complexity index is 571. The van der Waals surface area contributed by atoms with Crippen LogP contribution in [0.2, 0.25) is 0 Å². The molecule has 0 spiro atoms. The molecule has 5 heteroatoms. The topological polar surface area (TPSA) is 73.1 Å². The first kappa shape index (κ1) is 13.1. The smallest absolute Gasteiger partial charge is 0.225 e. The number of hydrogen-bond donors (Lipinski definition) is 2. The molecule has 1 aromatic carbocycles. The molecule has 0 saturated carbocycles. The zero-order valence-electron chi connectivity index (χ0n) is 11.3. The second-order valence-electron chi connectivity index (χ2n) is 4.38. The molecule has 0 saturated heterocycles. The molecule has 2 aromatic rings. The summed E-state index contributed by atoms with van der Waals surface area (Å²) in [6, 6.07) is 10.1. The lowest BCUT2D eigenvalue weighted by Crippen LogP contribution is -2.10. The maximum Gasteiger partial charge on any atom is 0.225 e. The third-order valence-corrected chi connectivity index (χ3v) is 2.95. The third-order valence-electron chi connectivity index (χ3n) is 2.95. The third kappa shape index (κ3) is 3.13. The van der Waals surface area contributed by atoms with Crippen molar-refractivity contribution in [3.63, 3.8) is 0 Å². The van der Waals surface area contributed by atoms with Gasteiger partial charge in [-0.05, 0) is 25.0 Å². The Hall–Kier alpha value is -2.30. The van der Waals surface area contributed by atoms with Crippen LogP contribution in [0.25, 0.3) is 0 Å². The van der Waals surface area contributed by atoms with E-state index in [2.05, 4.69) is 41.3 Å². The van der Waals surface area contributed by atoms with Crippen LogP contribution in [0, 0.1) is 6.92 Å². The summed E-state index contributed by atoms with van der Waals surface area (Å²) in [5.74, 6) is 1.30. The lowest BCUT2D eigenvalue weighted by molar-refractivity contribution is 0.398. The highest BCUT2D eigenvalue weighted by Crippen LogP contribution is 2.22. The van der Waals surface area contributed by atoms with Gasteiger partial charge < -0.3 is 15.8 Å². The van der Waals surface area contributed by atoms with Gasteiger partial charge in [0.2, 0.25) is 11.8 Å². The number of rotatable bonds is 4. The van der Waals surface area contributed by atoms with Crippen LogP contribution in [-0.2, 0) is 0 Å². The van der Waals surface area contributed by atoms with Crippen molar-refractivity contribution >= 4 is 11.8 Å². The predicted molar refractivity (Wildman–Crippen MR) is 76.2 cm³/mol. The molecule has 2 rings (SSSR count). The molecule has 0 aliphatic rings. The number of nitrogen functional groups attached to an aromatic ring is 1. The largest absolute Gasteiger partial charge is 0.481 e. The van der Waals surface area contributed by atoms with Crippen LogP contribution in [0.4, 0.5) is 11.8 Å². The van der Waals surface area contributed by atoms with E-state index in [4.69, 9.17) is 10.5 Å².